The Kier molecular flexibility index (Phi) is 6.82. The fraction of sp³-hybridized carbons (Fsp3) is 0.323. The zero-order chi connectivity index (χ0) is 31.9. The van der Waals surface area contributed by atoms with Crippen molar-refractivity contribution in [2.24, 2.45) is 23.7 Å². The molecule has 228 valence electrons. The lowest BCUT2D eigenvalue weighted by Crippen LogP contribution is -2.60. The van der Waals surface area contributed by atoms with Gasteiger partial charge in [0.15, 0.2) is 21.2 Å². The summed E-state index contributed by atoms with van der Waals surface area (Å²) in [4.78, 5) is 64.0. The molecule has 6 unspecified atom stereocenters. The van der Waals surface area contributed by atoms with E-state index >= 15 is 0 Å². The molecule has 4 aliphatic rings. The summed E-state index contributed by atoms with van der Waals surface area (Å²) in [5.41, 5.74) is 0.789. The number of benzene rings is 2. The number of aromatic carboxylic acids is 1. The molecule has 2 saturated heterocycles. The van der Waals surface area contributed by atoms with Crippen molar-refractivity contribution in [1.29, 1.82) is 0 Å². The van der Waals surface area contributed by atoms with Gasteiger partial charge >= 0.3 is 5.97 Å². The second-order valence-electron chi connectivity index (χ2n) is 11.4. The van der Waals surface area contributed by atoms with Crippen LogP contribution in [0.4, 0.5) is 5.69 Å². The number of carboxylic acids is 1. The number of fused-ring (bicyclic) bond motifs is 4. The number of phenols is 2. The Morgan fingerprint density at radius 2 is 1.73 bits per heavy atom. The molecule has 2 aliphatic carbocycles. The Hall–Kier alpha value is -4.35. The average molecular weight is 641 g/mol. The third kappa shape index (κ3) is 3.92. The number of anilines is 1. The Morgan fingerprint density at radius 1 is 1.00 bits per heavy atom. The maximum absolute atomic E-state index is 14.0. The fourth-order valence-electron chi connectivity index (χ4n) is 7.09. The quantitative estimate of drug-likeness (QED) is 0.252. The van der Waals surface area contributed by atoms with Crippen molar-refractivity contribution in [3.8, 4) is 17.2 Å². The molecule has 3 fully saturated rings. The van der Waals surface area contributed by atoms with Gasteiger partial charge < -0.3 is 20.1 Å². The average Bonchev–Trinajstić information content (AvgIpc) is 3.32. The van der Waals surface area contributed by atoms with E-state index in [0.717, 1.165) is 21.9 Å². The molecule has 2 aliphatic heterocycles. The Balaban J connectivity index is 1.44. The number of methoxy groups -OCH3 is 1. The second-order valence-corrected chi connectivity index (χ2v) is 12.6. The van der Waals surface area contributed by atoms with Crippen LogP contribution in [0.1, 0.15) is 28.8 Å². The van der Waals surface area contributed by atoms with Crippen LogP contribution >= 0.6 is 23.2 Å². The first-order valence-electron chi connectivity index (χ1n) is 13.7. The zero-order valence-electron chi connectivity index (χ0n) is 23.4. The van der Waals surface area contributed by atoms with E-state index in [-0.39, 0.29) is 30.0 Å². The number of nitrogens with zero attached hydrogens (tertiary/aromatic N) is 2. The van der Waals surface area contributed by atoms with E-state index in [1.807, 2.05) is 0 Å². The molecule has 13 heteroatoms. The van der Waals surface area contributed by atoms with E-state index in [1.165, 1.54) is 26.3 Å². The van der Waals surface area contributed by atoms with Crippen LogP contribution in [0.25, 0.3) is 6.08 Å². The molecule has 4 amide bonds. The Labute approximate surface area is 260 Å². The largest absolute Gasteiger partial charge is 0.507 e. The molecule has 0 spiro atoms. The summed E-state index contributed by atoms with van der Waals surface area (Å²) in [5.74, 6) is -7.89. The van der Waals surface area contributed by atoms with E-state index in [0.29, 0.717) is 11.1 Å². The van der Waals surface area contributed by atoms with E-state index in [2.05, 4.69) is 0 Å². The molecule has 2 heterocycles. The zero-order valence-corrected chi connectivity index (χ0v) is 24.9. The van der Waals surface area contributed by atoms with Crippen LogP contribution in [0, 0.1) is 23.7 Å². The number of amides is 4. The number of likely N-dealkylation sites (tertiary alicyclic amines) is 1. The molecule has 44 heavy (non-hydrogen) atoms. The normalized spacial score (nSPS) is 31.2. The van der Waals surface area contributed by atoms with E-state index < -0.39 is 74.3 Å². The van der Waals surface area contributed by atoms with E-state index in [1.54, 1.807) is 30.4 Å². The summed E-state index contributed by atoms with van der Waals surface area (Å²) in [6.45, 7) is 0. The molecule has 3 N–H and O–H groups in total. The van der Waals surface area contributed by atoms with Crippen LogP contribution in [0.5, 0.6) is 17.2 Å². The fourth-order valence-corrected chi connectivity index (χ4v) is 8.07. The Morgan fingerprint density at radius 3 is 2.39 bits per heavy atom. The van der Waals surface area contributed by atoms with Gasteiger partial charge in [0.05, 0.1) is 24.6 Å². The highest BCUT2D eigenvalue weighted by Gasteiger charge is 2.75. The number of alkyl halides is 2. The second kappa shape index (κ2) is 10.1. The number of allylic oxidation sites excluding steroid dienone is 3. The van der Waals surface area contributed by atoms with Crippen LogP contribution in [0.15, 0.2) is 54.1 Å². The van der Waals surface area contributed by atoms with Crippen molar-refractivity contribution in [3.63, 3.8) is 0 Å². The van der Waals surface area contributed by atoms with Gasteiger partial charge in [-0.15, -0.1) is 23.2 Å². The summed E-state index contributed by atoms with van der Waals surface area (Å²) in [6.07, 6.45) is 5.01. The lowest BCUT2D eigenvalue weighted by Gasteiger charge is -2.49. The van der Waals surface area contributed by atoms with Gasteiger partial charge in [0.25, 0.3) is 11.8 Å². The third-order valence-corrected chi connectivity index (χ3v) is 10.7. The van der Waals surface area contributed by atoms with Crippen molar-refractivity contribution in [2.75, 3.05) is 19.1 Å². The van der Waals surface area contributed by atoms with E-state index in [9.17, 15) is 39.3 Å². The molecular formula is C31H26Cl2N2O9. The molecule has 2 aromatic carbocycles. The first-order chi connectivity index (χ1) is 20.8. The third-order valence-electron chi connectivity index (χ3n) is 9.23. The maximum Gasteiger partial charge on any atom is 0.339 e. The minimum absolute atomic E-state index is 0.00566. The molecular weight excluding hydrogens is 615 g/mol. The predicted octanol–water partition coefficient (Wildman–Crippen LogP) is 3.54. The molecule has 6 rings (SSSR count). The maximum atomic E-state index is 14.0. The number of carbonyl (C=O) groups excluding carboxylic acids is 4. The first kappa shape index (κ1) is 29.7. The summed E-state index contributed by atoms with van der Waals surface area (Å²) in [7, 11) is 2.69. The van der Waals surface area contributed by atoms with Gasteiger partial charge in [-0.3, -0.25) is 24.1 Å². The lowest BCUT2D eigenvalue weighted by molar-refractivity contribution is -0.138. The minimum Gasteiger partial charge on any atom is -0.507 e. The number of rotatable bonds is 5. The number of halogens is 2. The van der Waals surface area contributed by atoms with Crippen molar-refractivity contribution in [1.82, 2.24) is 4.90 Å². The lowest BCUT2D eigenvalue weighted by atomic mass is 9.57. The summed E-state index contributed by atoms with van der Waals surface area (Å²) < 4.78 is 5.19. The van der Waals surface area contributed by atoms with Crippen molar-refractivity contribution in [2.45, 2.75) is 22.6 Å². The highest BCUT2D eigenvalue weighted by Crippen LogP contribution is 2.63. The van der Waals surface area contributed by atoms with Gasteiger partial charge in [-0.25, -0.2) is 9.69 Å². The van der Waals surface area contributed by atoms with Crippen LogP contribution in [-0.2, 0) is 19.2 Å². The van der Waals surface area contributed by atoms with Crippen LogP contribution < -0.4 is 9.64 Å². The molecule has 0 radical (unpaired) electrons. The summed E-state index contributed by atoms with van der Waals surface area (Å²) in [6, 6.07) is 8.04. The molecule has 6 atom stereocenters. The van der Waals surface area contributed by atoms with E-state index in [4.69, 9.17) is 27.9 Å². The van der Waals surface area contributed by atoms with Crippen molar-refractivity contribution in [3.05, 3.63) is 65.3 Å². The number of aromatic hydroxyl groups is 2. The van der Waals surface area contributed by atoms with Gasteiger partial charge in [-0.05, 0) is 48.6 Å². The number of carboxylic acid groups (broad SMARTS) is 1. The highest BCUT2D eigenvalue weighted by molar-refractivity contribution is 6.53. The predicted molar refractivity (Wildman–Crippen MR) is 157 cm³/mol. The standard InChI is InChI=1S/C31H26Cl2N2O9/c1-34-28(42)30(32)13-19-16(20(31(30,33)29(34)43)9-3-14-4-10-21(36)23(11-14)44-2)7-8-18-24(19)26(39)35(25(18)38)15-5-6-17(27(40)41)22(37)12-15/h3-7,9-12,18-20,24,36-37H,8,13H2,1-2H3,(H,40,41). The number of carbonyl (C=O) groups is 5. The van der Waals surface area contributed by atoms with Crippen molar-refractivity contribution < 1.29 is 44.0 Å². The number of phenolic OH excluding ortho intramolecular Hbond substituents is 1. The number of ether oxygens (including phenoxy) is 1. The monoisotopic (exact) mass is 640 g/mol. The molecule has 1 saturated carbocycles. The molecule has 0 aromatic heterocycles. The summed E-state index contributed by atoms with van der Waals surface area (Å²) >= 11 is 14.2. The number of hydrogen-bond donors (Lipinski definition) is 3. The topological polar surface area (TPSA) is 162 Å². The number of hydrogen-bond acceptors (Lipinski definition) is 8. The van der Waals surface area contributed by atoms with Crippen molar-refractivity contribution >= 4 is 64.6 Å². The number of imide groups is 2. The molecule has 11 nitrogen and oxygen atoms in total. The summed E-state index contributed by atoms with van der Waals surface area (Å²) in [5, 5.41) is 29.5. The van der Waals surface area contributed by atoms with Gasteiger partial charge in [-0.1, -0.05) is 29.9 Å². The van der Waals surface area contributed by atoms with Crippen LogP contribution in [0.3, 0.4) is 0 Å². The van der Waals surface area contributed by atoms with Crippen LogP contribution in [-0.4, -0.2) is 73.7 Å². The van der Waals surface area contributed by atoms with Crippen LogP contribution in [0.2, 0.25) is 0 Å². The van der Waals surface area contributed by atoms with Gasteiger partial charge in [0.1, 0.15) is 11.3 Å². The van der Waals surface area contributed by atoms with Gasteiger partial charge in [0, 0.05) is 19.0 Å². The minimum atomic E-state index is -1.94. The highest BCUT2D eigenvalue weighted by atomic mass is 35.5. The van der Waals surface area contributed by atoms with Gasteiger partial charge in [-0.2, -0.15) is 0 Å². The Bertz CT molecular complexity index is 1740. The first-order valence-corrected chi connectivity index (χ1v) is 14.4. The molecule has 0 bridgehead atoms. The molecule has 2 aromatic rings. The van der Waals surface area contributed by atoms with Gasteiger partial charge in [0.2, 0.25) is 11.8 Å². The smallest absolute Gasteiger partial charge is 0.339 e. The SMILES string of the molecule is COc1cc(C=CC2C3=CCC4C(=O)N(c5ccc(C(=O)O)c(O)c5)C(=O)C4C3CC3(Cl)C(=O)N(C)C(=O)C23Cl)ccc1O.